The van der Waals surface area contributed by atoms with Crippen molar-refractivity contribution in [3.8, 4) is 5.75 Å². The first-order chi connectivity index (χ1) is 7.10. The third-order valence-corrected chi connectivity index (χ3v) is 2.50. The highest BCUT2D eigenvalue weighted by atomic mass is 16.5. The fraction of sp³-hybridized carbons (Fsp3) is 0.462. The van der Waals surface area contributed by atoms with Crippen molar-refractivity contribution in [2.45, 2.75) is 33.1 Å². The molecule has 0 aliphatic carbocycles. The summed E-state index contributed by atoms with van der Waals surface area (Å²) in [6.07, 6.45) is 0.532. The van der Waals surface area contributed by atoms with Crippen LogP contribution in [0.4, 0.5) is 0 Å². The zero-order valence-corrected chi connectivity index (χ0v) is 9.83. The van der Waals surface area contributed by atoms with Crippen LogP contribution < -0.4 is 4.74 Å². The summed E-state index contributed by atoms with van der Waals surface area (Å²) in [4.78, 5) is 11.5. The minimum atomic E-state index is 0.156. The second kappa shape index (κ2) is 4.96. The van der Waals surface area contributed by atoms with Gasteiger partial charge in [0.1, 0.15) is 5.75 Å². The Labute approximate surface area is 91.3 Å². The molecule has 0 unspecified atom stereocenters. The standard InChI is InChI=1S/C13H18O2/c1-5-12(14)10-6-7-11(9(2)3)13(8-10)15-4/h6-9H,5H2,1-4H3. The molecule has 0 aliphatic heterocycles. The molecule has 0 radical (unpaired) electrons. The molecule has 1 aromatic carbocycles. The molecule has 0 bridgehead atoms. The van der Waals surface area contributed by atoms with Gasteiger partial charge < -0.3 is 4.74 Å². The first-order valence-electron chi connectivity index (χ1n) is 5.31. The van der Waals surface area contributed by atoms with Gasteiger partial charge in [0.05, 0.1) is 7.11 Å². The van der Waals surface area contributed by atoms with E-state index in [1.54, 1.807) is 7.11 Å². The van der Waals surface area contributed by atoms with Crippen molar-refractivity contribution >= 4 is 5.78 Å². The Morgan fingerprint density at radius 2 is 2.07 bits per heavy atom. The minimum absolute atomic E-state index is 0.156. The zero-order chi connectivity index (χ0) is 11.4. The number of methoxy groups -OCH3 is 1. The first-order valence-corrected chi connectivity index (χ1v) is 5.31. The SMILES string of the molecule is CCC(=O)c1ccc(C(C)C)c(OC)c1. The van der Waals surface area contributed by atoms with Crippen molar-refractivity contribution in [3.05, 3.63) is 29.3 Å². The van der Waals surface area contributed by atoms with E-state index in [0.29, 0.717) is 12.3 Å². The van der Waals surface area contributed by atoms with Gasteiger partial charge in [0.15, 0.2) is 5.78 Å². The van der Waals surface area contributed by atoms with Gasteiger partial charge in [0.2, 0.25) is 0 Å². The Morgan fingerprint density at radius 3 is 2.53 bits per heavy atom. The maximum Gasteiger partial charge on any atom is 0.162 e. The van der Waals surface area contributed by atoms with Crippen LogP contribution >= 0.6 is 0 Å². The molecule has 2 heteroatoms. The van der Waals surface area contributed by atoms with E-state index in [1.807, 2.05) is 25.1 Å². The molecule has 0 spiro atoms. The normalized spacial score (nSPS) is 10.5. The number of Topliss-reactive ketones (excluding diaryl/α,β-unsaturated/α-hetero) is 1. The van der Waals surface area contributed by atoms with Crippen LogP contribution in [0.5, 0.6) is 5.75 Å². The molecule has 82 valence electrons. The van der Waals surface area contributed by atoms with Gasteiger partial charge in [-0.1, -0.05) is 32.9 Å². The lowest BCUT2D eigenvalue weighted by Crippen LogP contribution is -2.00. The van der Waals surface area contributed by atoms with Crippen LogP contribution in [0.2, 0.25) is 0 Å². The Morgan fingerprint density at radius 1 is 1.40 bits per heavy atom. The minimum Gasteiger partial charge on any atom is -0.496 e. The number of ketones is 1. The summed E-state index contributed by atoms with van der Waals surface area (Å²) in [5.74, 6) is 1.37. The first kappa shape index (κ1) is 11.8. The van der Waals surface area contributed by atoms with Crippen molar-refractivity contribution < 1.29 is 9.53 Å². The lowest BCUT2D eigenvalue weighted by atomic mass is 9.98. The lowest BCUT2D eigenvalue weighted by Gasteiger charge is -2.12. The van der Waals surface area contributed by atoms with Crippen LogP contribution in [-0.4, -0.2) is 12.9 Å². The summed E-state index contributed by atoms with van der Waals surface area (Å²) < 4.78 is 5.29. The van der Waals surface area contributed by atoms with E-state index in [9.17, 15) is 4.79 Å². The Kier molecular flexibility index (Phi) is 3.89. The molecule has 0 aliphatic rings. The summed E-state index contributed by atoms with van der Waals surface area (Å²) in [7, 11) is 1.64. The Hall–Kier alpha value is -1.31. The molecule has 0 saturated heterocycles. The molecule has 0 N–H and O–H groups in total. The van der Waals surface area contributed by atoms with Crippen LogP contribution in [-0.2, 0) is 0 Å². The van der Waals surface area contributed by atoms with Gasteiger partial charge in [-0.2, -0.15) is 0 Å². The van der Waals surface area contributed by atoms with E-state index in [2.05, 4.69) is 13.8 Å². The van der Waals surface area contributed by atoms with Crippen molar-refractivity contribution in [2.24, 2.45) is 0 Å². The third-order valence-electron chi connectivity index (χ3n) is 2.50. The Balaban J connectivity index is 3.13. The number of ether oxygens (including phenoxy) is 1. The van der Waals surface area contributed by atoms with E-state index in [4.69, 9.17) is 4.74 Å². The fourth-order valence-electron chi connectivity index (χ4n) is 1.57. The highest BCUT2D eigenvalue weighted by Gasteiger charge is 2.10. The number of hydrogen-bond donors (Lipinski definition) is 0. The number of carbonyl (C=O) groups is 1. The molecule has 0 heterocycles. The lowest BCUT2D eigenvalue weighted by molar-refractivity contribution is 0.0988. The van der Waals surface area contributed by atoms with Crippen LogP contribution in [0, 0.1) is 0 Å². The second-order valence-corrected chi connectivity index (χ2v) is 3.89. The topological polar surface area (TPSA) is 26.3 Å². The number of benzene rings is 1. The van der Waals surface area contributed by atoms with E-state index in [1.165, 1.54) is 0 Å². The predicted molar refractivity (Wildman–Crippen MR) is 61.7 cm³/mol. The van der Waals surface area contributed by atoms with Crippen LogP contribution in [0.1, 0.15) is 49.0 Å². The van der Waals surface area contributed by atoms with Gasteiger partial charge >= 0.3 is 0 Å². The van der Waals surface area contributed by atoms with Gasteiger partial charge in [-0.3, -0.25) is 4.79 Å². The van der Waals surface area contributed by atoms with Crippen molar-refractivity contribution in [1.29, 1.82) is 0 Å². The van der Waals surface area contributed by atoms with Gasteiger partial charge in [-0.15, -0.1) is 0 Å². The third kappa shape index (κ3) is 2.58. The quantitative estimate of drug-likeness (QED) is 0.706. The van der Waals surface area contributed by atoms with Gasteiger partial charge in [-0.25, -0.2) is 0 Å². The van der Waals surface area contributed by atoms with Gasteiger partial charge in [0, 0.05) is 12.0 Å². The summed E-state index contributed by atoms with van der Waals surface area (Å²) in [5, 5.41) is 0. The van der Waals surface area contributed by atoms with E-state index in [0.717, 1.165) is 16.9 Å². The number of rotatable bonds is 4. The van der Waals surface area contributed by atoms with Crippen LogP contribution in [0.3, 0.4) is 0 Å². The summed E-state index contributed by atoms with van der Waals surface area (Å²) >= 11 is 0. The molecule has 1 rings (SSSR count). The predicted octanol–water partition coefficient (Wildman–Crippen LogP) is 3.41. The average molecular weight is 206 g/mol. The summed E-state index contributed by atoms with van der Waals surface area (Å²) in [5.41, 5.74) is 1.88. The van der Waals surface area contributed by atoms with Gasteiger partial charge in [0.25, 0.3) is 0 Å². The summed E-state index contributed by atoms with van der Waals surface area (Å²) in [6, 6.07) is 5.69. The van der Waals surface area contributed by atoms with E-state index < -0.39 is 0 Å². The molecule has 2 nitrogen and oxygen atoms in total. The molecule has 15 heavy (non-hydrogen) atoms. The number of hydrogen-bond acceptors (Lipinski definition) is 2. The van der Waals surface area contributed by atoms with E-state index in [-0.39, 0.29) is 5.78 Å². The van der Waals surface area contributed by atoms with Crippen molar-refractivity contribution in [3.63, 3.8) is 0 Å². The molecule has 0 saturated carbocycles. The maximum atomic E-state index is 11.5. The van der Waals surface area contributed by atoms with E-state index >= 15 is 0 Å². The molecular weight excluding hydrogens is 188 g/mol. The zero-order valence-electron chi connectivity index (χ0n) is 9.83. The highest BCUT2D eigenvalue weighted by molar-refractivity contribution is 5.96. The molecule has 1 aromatic rings. The van der Waals surface area contributed by atoms with Gasteiger partial charge in [-0.05, 0) is 17.5 Å². The molecule has 0 aromatic heterocycles. The van der Waals surface area contributed by atoms with Crippen molar-refractivity contribution in [2.75, 3.05) is 7.11 Å². The molecule has 0 fully saturated rings. The molecule has 0 amide bonds. The fourth-order valence-corrected chi connectivity index (χ4v) is 1.57. The molecular formula is C13H18O2. The number of carbonyl (C=O) groups excluding carboxylic acids is 1. The largest absolute Gasteiger partial charge is 0.496 e. The molecule has 0 atom stereocenters. The maximum absolute atomic E-state index is 11.5. The second-order valence-electron chi connectivity index (χ2n) is 3.89. The Bertz CT molecular complexity index is 354. The highest BCUT2D eigenvalue weighted by Crippen LogP contribution is 2.27. The average Bonchev–Trinajstić information content (AvgIpc) is 2.26. The van der Waals surface area contributed by atoms with Crippen molar-refractivity contribution in [1.82, 2.24) is 0 Å². The van der Waals surface area contributed by atoms with Crippen LogP contribution in [0.25, 0.3) is 0 Å². The van der Waals surface area contributed by atoms with Crippen LogP contribution in [0.15, 0.2) is 18.2 Å². The summed E-state index contributed by atoms with van der Waals surface area (Å²) in [6.45, 7) is 6.09. The monoisotopic (exact) mass is 206 g/mol. The smallest absolute Gasteiger partial charge is 0.162 e.